The van der Waals surface area contributed by atoms with Crippen LogP contribution in [0.25, 0.3) is 0 Å². The number of carbonyl (C=O) groups excluding carboxylic acids is 1. The molecule has 0 spiro atoms. The maximum atomic E-state index is 12.6. The van der Waals surface area contributed by atoms with E-state index in [0.717, 1.165) is 11.3 Å². The number of nitrogens with zero attached hydrogens (tertiary/aromatic N) is 1. The number of hydrogen-bond donors (Lipinski definition) is 2. The van der Waals surface area contributed by atoms with Gasteiger partial charge in [-0.25, -0.2) is 0 Å². The van der Waals surface area contributed by atoms with E-state index < -0.39 is 11.0 Å². The molecule has 0 aromatic heterocycles. The van der Waals surface area contributed by atoms with E-state index in [0.29, 0.717) is 18.1 Å². The number of hydrogen-bond acceptors (Lipinski definition) is 6. The molecule has 1 amide bonds. The zero-order chi connectivity index (χ0) is 22.2. The summed E-state index contributed by atoms with van der Waals surface area (Å²) >= 11 is 0. The molecule has 2 N–H and O–H groups in total. The first-order chi connectivity index (χ1) is 15.0. The van der Waals surface area contributed by atoms with Crippen LogP contribution in [0.5, 0.6) is 11.5 Å². The quantitative estimate of drug-likeness (QED) is 0.386. The van der Waals surface area contributed by atoms with Crippen molar-refractivity contribution in [3.63, 3.8) is 0 Å². The Bertz CT molecular complexity index is 1040. The second kappa shape index (κ2) is 10.1. The fourth-order valence-electron chi connectivity index (χ4n) is 2.85. The number of nitro benzene ring substituents is 1. The highest BCUT2D eigenvalue weighted by Gasteiger charge is 2.17. The smallest absolute Gasteiger partial charge is 0.271 e. The molecule has 0 aliphatic carbocycles. The molecular formula is C23H23N3O5. The SMILES string of the molecule is COc1ccc([N+](=O)[O-])cc1NC(=O)[C@H](C)Nc1ccc(OCc2ccccc2)cc1. The van der Waals surface area contributed by atoms with Crippen LogP contribution < -0.4 is 20.1 Å². The third-order valence-corrected chi connectivity index (χ3v) is 4.53. The van der Waals surface area contributed by atoms with Crippen molar-refractivity contribution in [3.8, 4) is 11.5 Å². The Kier molecular flexibility index (Phi) is 7.05. The molecule has 0 radical (unpaired) electrons. The van der Waals surface area contributed by atoms with Crippen LogP contribution in [-0.2, 0) is 11.4 Å². The number of non-ortho nitro benzene ring substituents is 1. The van der Waals surface area contributed by atoms with Crippen molar-refractivity contribution in [1.82, 2.24) is 0 Å². The van der Waals surface area contributed by atoms with Gasteiger partial charge in [-0.3, -0.25) is 14.9 Å². The number of benzene rings is 3. The van der Waals surface area contributed by atoms with Gasteiger partial charge in [0.15, 0.2) is 0 Å². The summed E-state index contributed by atoms with van der Waals surface area (Å²) in [6.07, 6.45) is 0. The van der Waals surface area contributed by atoms with E-state index in [4.69, 9.17) is 9.47 Å². The predicted molar refractivity (Wildman–Crippen MR) is 119 cm³/mol. The van der Waals surface area contributed by atoms with Crippen molar-refractivity contribution in [2.45, 2.75) is 19.6 Å². The summed E-state index contributed by atoms with van der Waals surface area (Å²) in [5.41, 5.74) is 1.91. The van der Waals surface area contributed by atoms with E-state index in [-0.39, 0.29) is 17.3 Å². The number of anilines is 2. The van der Waals surface area contributed by atoms with Crippen LogP contribution in [0, 0.1) is 10.1 Å². The number of amides is 1. The van der Waals surface area contributed by atoms with E-state index >= 15 is 0 Å². The zero-order valence-corrected chi connectivity index (χ0v) is 17.2. The molecule has 0 saturated carbocycles. The molecule has 0 aliphatic rings. The van der Waals surface area contributed by atoms with Crippen LogP contribution in [0.15, 0.2) is 72.8 Å². The molecule has 8 heteroatoms. The first kappa shape index (κ1) is 21.6. The minimum Gasteiger partial charge on any atom is -0.495 e. The molecule has 8 nitrogen and oxygen atoms in total. The fourth-order valence-corrected chi connectivity index (χ4v) is 2.85. The highest BCUT2D eigenvalue weighted by atomic mass is 16.6. The van der Waals surface area contributed by atoms with Gasteiger partial charge in [0.1, 0.15) is 24.1 Å². The lowest BCUT2D eigenvalue weighted by Gasteiger charge is -2.17. The first-order valence-corrected chi connectivity index (χ1v) is 9.63. The summed E-state index contributed by atoms with van der Waals surface area (Å²) in [5, 5.41) is 16.8. The zero-order valence-electron chi connectivity index (χ0n) is 17.2. The third kappa shape index (κ3) is 5.96. The van der Waals surface area contributed by atoms with Crippen LogP contribution >= 0.6 is 0 Å². The molecule has 0 heterocycles. The Morgan fingerprint density at radius 3 is 2.42 bits per heavy atom. The average molecular weight is 421 g/mol. The van der Waals surface area contributed by atoms with Crippen molar-refractivity contribution in [2.75, 3.05) is 17.7 Å². The Labute approximate surface area is 180 Å². The van der Waals surface area contributed by atoms with E-state index in [1.54, 1.807) is 6.92 Å². The molecule has 0 bridgehead atoms. The van der Waals surface area contributed by atoms with E-state index in [1.807, 2.05) is 54.6 Å². The van der Waals surface area contributed by atoms with Crippen LogP contribution in [0.4, 0.5) is 17.1 Å². The minimum atomic E-state index is -0.597. The summed E-state index contributed by atoms with van der Waals surface area (Å²) in [7, 11) is 1.43. The van der Waals surface area contributed by atoms with Crippen molar-refractivity contribution < 1.29 is 19.2 Å². The summed E-state index contributed by atoms with van der Waals surface area (Å²) < 4.78 is 10.9. The molecule has 31 heavy (non-hydrogen) atoms. The summed E-state index contributed by atoms with van der Waals surface area (Å²) in [4.78, 5) is 23.0. The molecule has 1 atom stereocenters. The molecule has 3 rings (SSSR count). The van der Waals surface area contributed by atoms with Crippen molar-refractivity contribution in [1.29, 1.82) is 0 Å². The van der Waals surface area contributed by atoms with Gasteiger partial charge in [0.25, 0.3) is 5.69 Å². The topological polar surface area (TPSA) is 103 Å². The summed E-state index contributed by atoms with van der Waals surface area (Å²) in [5.74, 6) is 0.696. The van der Waals surface area contributed by atoms with Gasteiger partial charge in [-0.2, -0.15) is 0 Å². The van der Waals surface area contributed by atoms with Crippen LogP contribution in [0.2, 0.25) is 0 Å². The van der Waals surface area contributed by atoms with E-state index in [9.17, 15) is 14.9 Å². The van der Waals surface area contributed by atoms with Gasteiger partial charge in [-0.15, -0.1) is 0 Å². The number of rotatable bonds is 9. The molecule has 160 valence electrons. The predicted octanol–water partition coefficient (Wildman–Crippen LogP) is 4.62. The van der Waals surface area contributed by atoms with Crippen LogP contribution in [0.1, 0.15) is 12.5 Å². The van der Waals surface area contributed by atoms with Crippen LogP contribution in [-0.4, -0.2) is 24.0 Å². The van der Waals surface area contributed by atoms with Gasteiger partial charge in [-0.1, -0.05) is 30.3 Å². The van der Waals surface area contributed by atoms with Gasteiger partial charge in [0.2, 0.25) is 5.91 Å². The minimum absolute atomic E-state index is 0.136. The van der Waals surface area contributed by atoms with Crippen molar-refractivity contribution in [3.05, 3.63) is 88.5 Å². The van der Waals surface area contributed by atoms with E-state index in [1.165, 1.54) is 25.3 Å². The lowest BCUT2D eigenvalue weighted by Crippen LogP contribution is -2.32. The second-order valence-corrected chi connectivity index (χ2v) is 6.80. The number of carbonyl (C=O) groups is 1. The molecule has 0 aliphatic heterocycles. The molecule has 3 aromatic rings. The van der Waals surface area contributed by atoms with Crippen molar-refractivity contribution >= 4 is 23.0 Å². The van der Waals surface area contributed by atoms with Crippen molar-refractivity contribution in [2.24, 2.45) is 0 Å². The van der Waals surface area contributed by atoms with Gasteiger partial charge < -0.3 is 20.1 Å². The van der Waals surface area contributed by atoms with E-state index in [2.05, 4.69) is 10.6 Å². The third-order valence-electron chi connectivity index (χ3n) is 4.53. The van der Waals surface area contributed by atoms with Gasteiger partial charge in [0, 0.05) is 17.8 Å². The average Bonchev–Trinajstić information content (AvgIpc) is 2.79. The lowest BCUT2D eigenvalue weighted by molar-refractivity contribution is -0.384. The standard InChI is InChI=1S/C23H23N3O5/c1-16(23(27)25-21-14-19(26(28)29)10-13-22(21)30-2)24-18-8-11-20(12-9-18)31-15-17-6-4-3-5-7-17/h3-14,16,24H,15H2,1-2H3,(H,25,27)/t16-/m0/s1. The molecule has 0 saturated heterocycles. The van der Waals surface area contributed by atoms with Gasteiger partial charge in [0.05, 0.1) is 17.7 Å². The first-order valence-electron chi connectivity index (χ1n) is 9.63. The Balaban J connectivity index is 1.58. The molecular weight excluding hydrogens is 398 g/mol. The molecule has 3 aromatic carbocycles. The molecule has 0 fully saturated rings. The van der Waals surface area contributed by atoms with Gasteiger partial charge in [-0.05, 0) is 42.8 Å². The lowest BCUT2D eigenvalue weighted by atomic mass is 10.2. The number of nitro groups is 1. The monoisotopic (exact) mass is 421 g/mol. The number of nitrogens with one attached hydrogen (secondary N) is 2. The Hall–Kier alpha value is -4.07. The summed E-state index contributed by atoms with van der Waals surface area (Å²) in [6, 6.07) is 20.6. The second-order valence-electron chi connectivity index (χ2n) is 6.80. The number of ether oxygens (including phenoxy) is 2. The molecule has 0 unspecified atom stereocenters. The summed E-state index contributed by atoms with van der Waals surface area (Å²) in [6.45, 7) is 2.16. The Morgan fingerprint density at radius 2 is 1.77 bits per heavy atom. The highest BCUT2D eigenvalue weighted by Crippen LogP contribution is 2.29. The largest absolute Gasteiger partial charge is 0.495 e. The highest BCUT2D eigenvalue weighted by molar-refractivity contribution is 5.97. The maximum Gasteiger partial charge on any atom is 0.271 e. The van der Waals surface area contributed by atoms with Crippen LogP contribution in [0.3, 0.4) is 0 Å². The normalized spacial score (nSPS) is 11.3. The number of methoxy groups -OCH3 is 1. The Morgan fingerprint density at radius 1 is 1.06 bits per heavy atom. The fraction of sp³-hybridized carbons (Fsp3) is 0.174. The van der Waals surface area contributed by atoms with Gasteiger partial charge >= 0.3 is 0 Å². The maximum absolute atomic E-state index is 12.6.